The van der Waals surface area contributed by atoms with E-state index in [9.17, 15) is 0 Å². The second-order valence-corrected chi connectivity index (χ2v) is 9.06. The molecule has 2 aromatic carbocycles. The van der Waals surface area contributed by atoms with E-state index in [0.717, 1.165) is 37.3 Å². The minimum atomic E-state index is -0.556. The SMILES string of the molecule is CCC(CC)(C[N-]c1ccccc1C)C[N-]c1ccccc1C.[Cl][Ti][Cl]. The molecule has 0 aliphatic rings. The Morgan fingerprint density at radius 1 is 0.769 bits per heavy atom. The van der Waals surface area contributed by atoms with Gasteiger partial charge in [0.2, 0.25) is 0 Å². The average molecular weight is 427 g/mol. The molecule has 0 bridgehead atoms. The monoisotopic (exact) mass is 426 g/mol. The molecule has 0 N–H and O–H groups in total. The molecule has 0 heterocycles. The van der Waals surface area contributed by atoms with Crippen LogP contribution in [0.1, 0.15) is 37.8 Å². The molecular weight excluding hydrogens is 399 g/mol. The van der Waals surface area contributed by atoms with Crippen LogP contribution in [0.15, 0.2) is 48.5 Å². The van der Waals surface area contributed by atoms with Gasteiger partial charge in [0.25, 0.3) is 0 Å². The first-order valence-corrected chi connectivity index (χ1v) is 13.2. The van der Waals surface area contributed by atoms with Crippen LogP contribution in [0.25, 0.3) is 10.6 Å². The summed E-state index contributed by atoms with van der Waals surface area (Å²) in [4.78, 5) is 0. The van der Waals surface area contributed by atoms with Gasteiger partial charge < -0.3 is 10.6 Å². The van der Waals surface area contributed by atoms with Gasteiger partial charge in [-0.15, -0.1) is 24.5 Å². The van der Waals surface area contributed by atoms with Crippen LogP contribution in [0, 0.1) is 19.3 Å². The van der Waals surface area contributed by atoms with Crippen molar-refractivity contribution in [2.75, 3.05) is 13.1 Å². The van der Waals surface area contributed by atoms with E-state index in [4.69, 9.17) is 29.2 Å². The van der Waals surface area contributed by atoms with Gasteiger partial charge in [-0.05, 0) is 13.8 Å². The molecule has 0 unspecified atom stereocenters. The second-order valence-electron chi connectivity index (χ2n) is 6.48. The van der Waals surface area contributed by atoms with Crippen LogP contribution in [0.2, 0.25) is 0 Å². The van der Waals surface area contributed by atoms with Crippen molar-refractivity contribution in [1.82, 2.24) is 0 Å². The minimum absolute atomic E-state index is 0.143. The molecule has 0 saturated carbocycles. The Morgan fingerprint density at radius 2 is 1.12 bits per heavy atom. The Bertz CT molecular complexity index is 594. The molecule has 2 nitrogen and oxygen atoms in total. The van der Waals surface area contributed by atoms with E-state index in [-0.39, 0.29) is 5.41 Å². The Balaban J connectivity index is 0.00000105. The summed E-state index contributed by atoms with van der Waals surface area (Å²) in [5, 5.41) is 9.79. The van der Waals surface area contributed by atoms with Crippen molar-refractivity contribution in [2.24, 2.45) is 5.41 Å². The third-order valence-corrected chi connectivity index (χ3v) is 4.90. The van der Waals surface area contributed by atoms with Gasteiger partial charge in [0.1, 0.15) is 0 Å². The van der Waals surface area contributed by atoms with Crippen LogP contribution in [-0.4, -0.2) is 13.1 Å². The first-order chi connectivity index (χ1) is 12.5. The second kappa shape index (κ2) is 12.7. The molecule has 0 aliphatic heterocycles. The first-order valence-electron chi connectivity index (χ1n) is 8.94. The van der Waals surface area contributed by atoms with E-state index < -0.39 is 17.0 Å². The first kappa shape index (κ1) is 23.4. The zero-order chi connectivity index (χ0) is 19.4. The number of hydrogen-bond donors (Lipinski definition) is 0. The Labute approximate surface area is 175 Å². The van der Waals surface area contributed by atoms with Gasteiger partial charge in [-0.2, -0.15) is 0 Å². The van der Waals surface area contributed by atoms with E-state index in [0.29, 0.717) is 0 Å². The molecule has 142 valence electrons. The van der Waals surface area contributed by atoms with Crippen molar-refractivity contribution >= 4 is 30.0 Å². The fraction of sp³-hybridized carbons (Fsp3) is 0.429. The standard InChI is InChI=1S/C21H28N2.2ClH.Ti/c1-5-21(6-2,15-22-19-13-9-7-11-17(19)3)16-23-20-14-10-8-12-18(20)4;;;/h7-14H,5-6,15-16H2,1-4H3;2*1H;/q-2;;;+2/p-2. The molecule has 26 heavy (non-hydrogen) atoms. The maximum absolute atomic E-state index is 4.89. The molecule has 2 aromatic rings. The topological polar surface area (TPSA) is 28.2 Å². The van der Waals surface area contributed by atoms with Crippen molar-refractivity contribution < 1.29 is 17.0 Å². The summed E-state index contributed by atoms with van der Waals surface area (Å²) in [7, 11) is 9.78. The van der Waals surface area contributed by atoms with Gasteiger partial charge in [-0.3, -0.25) is 0 Å². The molecule has 0 fully saturated rings. The summed E-state index contributed by atoms with van der Waals surface area (Å²) < 4.78 is 0. The number of benzene rings is 2. The number of halogens is 2. The predicted molar refractivity (Wildman–Crippen MR) is 113 cm³/mol. The zero-order valence-electron chi connectivity index (χ0n) is 16.1. The molecule has 0 spiro atoms. The molecule has 0 aromatic heterocycles. The fourth-order valence-corrected chi connectivity index (χ4v) is 2.73. The molecule has 0 amide bonds. The van der Waals surface area contributed by atoms with Crippen LogP contribution in [0.5, 0.6) is 0 Å². The Hall–Kier alpha value is -0.666. The van der Waals surface area contributed by atoms with Gasteiger partial charge in [-0.25, -0.2) is 0 Å². The van der Waals surface area contributed by atoms with Crippen LogP contribution < -0.4 is 0 Å². The average Bonchev–Trinajstić information content (AvgIpc) is 2.65. The van der Waals surface area contributed by atoms with E-state index in [1.54, 1.807) is 0 Å². The van der Waals surface area contributed by atoms with Crippen LogP contribution >= 0.6 is 18.6 Å². The van der Waals surface area contributed by atoms with Crippen molar-refractivity contribution in [3.05, 3.63) is 70.3 Å². The van der Waals surface area contributed by atoms with Gasteiger partial charge in [0.05, 0.1) is 0 Å². The molecule has 0 atom stereocenters. The number of rotatable bonds is 8. The van der Waals surface area contributed by atoms with Crippen molar-refractivity contribution in [1.29, 1.82) is 0 Å². The third kappa shape index (κ3) is 7.52. The van der Waals surface area contributed by atoms with Crippen LogP contribution in [-0.2, 0) is 17.0 Å². The van der Waals surface area contributed by atoms with Gasteiger partial charge >= 0.3 is 35.6 Å². The van der Waals surface area contributed by atoms with E-state index in [1.165, 1.54) is 11.1 Å². The molecule has 0 radical (unpaired) electrons. The summed E-state index contributed by atoms with van der Waals surface area (Å²) in [6.45, 7) is 10.4. The van der Waals surface area contributed by atoms with E-state index >= 15 is 0 Å². The quantitative estimate of drug-likeness (QED) is 0.380. The molecule has 0 aliphatic carbocycles. The van der Waals surface area contributed by atoms with Crippen molar-refractivity contribution in [3.8, 4) is 0 Å². The Kier molecular flexibility index (Phi) is 11.4. The van der Waals surface area contributed by atoms with Crippen LogP contribution in [0.3, 0.4) is 0 Å². The summed E-state index contributed by atoms with van der Waals surface area (Å²) in [5.74, 6) is 0. The summed E-state index contributed by atoms with van der Waals surface area (Å²) in [6.07, 6.45) is 2.18. The van der Waals surface area contributed by atoms with Gasteiger partial charge in [0, 0.05) is 0 Å². The van der Waals surface area contributed by atoms with Gasteiger partial charge in [-0.1, -0.05) is 91.8 Å². The van der Waals surface area contributed by atoms with Gasteiger partial charge in [0.15, 0.2) is 0 Å². The number of hydrogen-bond acceptors (Lipinski definition) is 0. The number of aryl methyl sites for hydroxylation is 2. The fourth-order valence-electron chi connectivity index (χ4n) is 2.73. The summed E-state index contributed by atoms with van der Waals surface area (Å²) >= 11 is -0.556. The normalized spacial score (nSPS) is 10.5. The van der Waals surface area contributed by atoms with E-state index in [1.807, 2.05) is 0 Å². The Morgan fingerprint density at radius 3 is 1.42 bits per heavy atom. The van der Waals surface area contributed by atoms with Crippen molar-refractivity contribution in [3.63, 3.8) is 0 Å². The molecule has 5 heteroatoms. The maximum atomic E-state index is 4.89. The molecular formula is C21H28Cl2N2Ti-2. The zero-order valence-corrected chi connectivity index (χ0v) is 19.2. The van der Waals surface area contributed by atoms with Crippen molar-refractivity contribution in [2.45, 2.75) is 40.5 Å². The van der Waals surface area contributed by atoms with E-state index in [2.05, 4.69) is 76.2 Å². The van der Waals surface area contributed by atoms with Crippen LogP contribution in [0.4, 0.5) is 11.4 Å². The molecule has 0 saturated heterocycles. The molecule has 2 rings (SSSR count). The predicted octanol–water partition coefficient (Wildman–Crippen LogP) is 8.20. The number of para-hydroxylation sites is 2. The number of nitrogens with zero attached hydrogens (tertiary/aromatic N) is 2. The summed E-state index contributed by atoms with van der Waals surface area (Å²) in [6, 6.07) is 16.7. The third-order valence-electron chi connectivity index (χ3n) is 4.90. The summed E-state index contributed by atoms with van der Waals surface area (Å²) in [5.41, 5.74) is 4.84.